The van der Waals surface area contributed by atoms with E-state index in [-0.39, 0.29) is 0 Å². The van der Waals surface area contributed by atoms with Crippen LogP contribution in [0, 0.1) is 0 Å². The van der Waals surface area contributed by atoms with E-state index < -0.39 is 0 Å². The van der Waals surface area contributed by atoms with Crippen LogP contribution < -0.4 is 5.32 Å². The first-order valence-corrected chi connectivity index (χ1v) is 6.24. The van der Waals surface area contributed by atoms with E-state index in [0.717, 1.165) is 17.9 Å². The van der Waals surface area contributed by atoms with Gasteiger partial charge in [0, 0.05) is 49.8 Å². The quantitative estimate of drug-likeness (QED) is 0.775. The minimum Gasteiger partial charge on any atom is -0.381 e. The van der Waals surface area contributed by atoms with Gasteiger partial charge in [0.05, 0.1) is 6.33 Å². The van der Waals surface area contributed by atoms with Gasteiger partial charge in [0.15, 0.2) is 0 Å². The number of rotatable bonds is 4. The number of nitrogens with one attached hydrogen (secondary N) is 1. The summed E-state index contributed by atoms with van der Waals surface area (Å²) in [4.78, 5) is 4.06. The molecule has 1 N–H and O–H groups in total. The van der Waals surface area contributed by atoms with E-state index in [1.807, 2.05) is 23.9 Å². The summed E-state index contributed by atoms with van der Waals surface area (Å²) >= 11 is 0. The van der Waals surface area contributed by atoms with E-state index >= 15 is 0 Å². The summed E-state index contributed by atoms with van der Waals surface area (Å²) in [6, 6.07) is 10.4. The molecule has 19 heavy (non-hydrogen) atoms. The zero-order valence-corrected chi connectivity index (χ0v) is 10.8. The average Bonchev–Trinajstić information content (AvgIpc) is 3.08. The molecule has 0 bridgehead atoms. The second kappa shape index (κ2) is 5.02. The van der Waals surface area contributed by atoms with Crippen LogP contribution in [0.3, 0.4) is 0 Å². The van der Waals surface area contributed by atoms with Gasteiger partial charge in [-0.05, 0) is 29.8 Å². The molecule has 0 spiro atoms. The maximum absolute atomic E-state index is 4.06. The fourth-order valence-corrected chi connectivity index (χ4v) is 2.06. The molecule has 0 saturated heterocycles. The molecule has 4 heteroatoms. The van der Waals surface area contributed by atoms with Crippen LogP contribution in [0.1, 0.15) is 5.56 Å². The average molecular weight is 252 g/mol. The molecule has 0 fully saturated rings. The Kier molecular flexibility index (Phi) is 3.06. The second-order valence-electron chi connectivity index (χ2n) is 4.56. The summed E-state index contributed by atoms with van der Waals surface area (Å²) in [5.41, 5.74) is 3.49. The Labute approximate surface area is 112 Å². The lowest BCUT2D eigenvalue weighted by Gasteiger charge is -2.08. The van der Waals surface area contributed by atoms with E-state index in [1.165, 1.54) is 5.56 Å². The molecule has 0 amide bonds. The molecule has 0 aliphatic carbocycles. The number of hydrogen-bond donors (Lipinski definition) is 1. The van der Waals surface area contributed by atoms with Crippen molar-refractivity contribution in [3.05, 3.63) is 67.0 Å². The van der Waals surface area contributed by atoms with Crippen LogP contribution in [-0.2, 0) is 13.6 Å². The topological polar surface area (TPSA) is 34.8 Å². The van der Waals surface area contributed by atoms with Crippen LogP contribution in [0.4, 0.5) is 5.69 Å². The minimum absolute atomic E-state index is 0.828. The Bertz CT molecular complexity index is 652. The van der Waals surface area contributed by atoms with E-state index in [2.05, 4.69) is 51.5 Å². The summed E-state index contributed by atoms with van der Waals surface area (Å²) in [7, 11) is 2.03. The Morgan fingerprint density at radius 1 is 1.21 bits per heavy atom. The van der Waals surface area contributed by atoms with Crippen molar-refractivity contribution in [3.63, 3.8) is 0 Å². The monoisotopic (exact) mass is 252 g/mol. The lowest BCUT2D eigenvalue weighted by atomic mass is 10.2. The third kappa shape index (κ3) is 2.68. The summed E-state index contributed by atoms with van der Waals surface area (Å²) in [6.45, 7) is 0.828. The fraction of sp³-hybridized carbons (Fsp3) is 0.133. The molecule has 0 radical (unpaired) electrons. The first-order chi connectivity index (χ1) is 9.31. The van der Waals surface area contributed by atoms with E-state index in [4.69, 9.17) is 0 Å². The fourth-order valence-electron chi connectivity index (χ4n) is 2.06. The van der Waals surface area contributed by atoms with Crippen molar-refractivity contribution >= 4 is 5.69 Å². The SMILES string of the molecule is Cn1ccc(CNc2cccc(-n3ccnc3)c2)c1. The second-order valence-corrected chi connectivity index (χ2v) is 4.56. The highest BCUT2D eigenvalue weighted by atomic mass is 15.0. The molecule has 2 heterocycles. The maximum atomic E-state index is 4.06. The highest BCUT2D eigenvalue weighted by Crippen LogP contribution is 2.15. The van der Waals surface area contributed by atoms with E-state index in [0.29, 0.717) is 0 Å². The number of aryl methyl sites for hydroxylation is 1. The number of anilines is 1. The lowest BCUT2D eigenvalue weighted by Crippen LogP contribution is -1.99. The van der Waals surface area contributed by atoms with Crippen LogP contribution >= 0.6 is 0 Å². The molecule has 3 aromatic rings. The number of aromatic nitrogens is 3. The smallest absolute Gasteiger partial charge is 0.0991 e. The van der Waals surface area contributed by atoms with Crippen LogP contribution in [0.2, 0.25) is 0 Å². The van der Waals surface area contributed by atoms with Gasteiger partial charge in [-0.3, -0.25) is 0 Å². The van der Waals surface area contributed by atoms with E-state index in [9.17, 15) is 0 Å². The van der Waals surface area contributed by atoms with Gasteiger partial charge >= 0.3 is 0 Å². The van der Waals surface area contributed by atoms with Crippen molar-refractivity contribution in [1.82, 2.24) is 14.1 Å². The van der Waals surface area contributed by atoms with Gasteiger partial charge in [-0.1, -0.05) is 6.07 Å². The first kappa shape index (κ1) is 11.6. The molecular weight excluding hydrogens is 236 g/mol. The zero-order valence-electron chi connectivity index (χ0n) is 10.8. The molecule has 1 aromatic carbocycles. The van der Waals surface area contributed by atoms with Crippen molar-refractivity contribution in [3.8, 4) is 5.69 Å². The number of nitrogens with zero attached hydrogens (tertiary/aromatic N) is 3. The Morgan fingerprint density at radius 3 is 2.89 bits per heavy atom. The van der Waals surface area contributed by atoms with Crippen molar-refractivity contribution in [2.45, 2.75) is 6.54 Å². The standard InChI is InChI=1S/C15H16N4/c1-18-7-5-13(11-18)10-17-14-3-2-4-15(9-14)19-8-6-16-12-19/h2-9,11-12,17H,10H2,1H3. The minimum atomic E-state index is 0.828. The summed E-state index contributed by atoms with van der Waals surface area (Å²) in [5, 5.41) is 3.43. The normalized spacial score (nSPS) is 10.6. The molecule has 4 nitrogen and oxygen atoms in total. The molecule has 2 aromatic heterocycles. The predicted octanol–water partition coefficient (Wildman–Crippen LogP) is 2.82. The molecule has 0 aliphatic rings. The van der Waals surface area contributed by atoms with Crippen molar-refractivity contribution in [2.75, 3.05) is 5.32 Å². The Morgan fingerprint density at radius 2 is 2.16 bits per heavy atom. The largest absolute Gasteiger partial charge is 0.381 e. The van der Waals surface area contributed by atoms with Gasteiger partial charge in [0.1, 0.15) is 0 Å². The molecule has 96 valence electrons. The van der Waals surface area contributed by atoms with Gasteiger partial charge in [-0.15, -0.1) is 0 Å². The first-order valence-electron chi connectivity index (χ1n) is 6.24. The van der Waals surface area contributed by atoms with Crippen LogP contribution in [0.15, 0.2) is 61.4 Å². The molecule has 3 rings (SSSR count). The molecule has 0 unspecified atom stereocenters. The molecular formula is C15H16N4. The van der Waals surface area contributed by atoms with Crippen LogP contribution in [0.25, 0.3) is 5.69 Å². The van der Waals surface area contributed by atoms with Crippen molar-refractivity contribution < 1.29 is 0 Å². The van der Waals surface area contributed by atoms with Gasteiger partial charge in [0.2, 0.25) is 0 Å². The van der Waals surface area contributed by atoms with Crippen LogP contribution in [0.5, 0.6) is 0 Å². The maximum Gasteiger partial charge on any atom is 0.0991 e. The van der Waals surface area contributed by atoms with Gasteiger partial charge in [-0.2, -0.15) is 0 Å². The Hall–Kier alpha value is -2.49. The summed E-state index contributed by atoms with van der Waals surface area (Å²) < 4.78 is 4.05. The molecule has 0 atom stereocenters. The highest BCUT2D eigenvalue weighted by molar-refractivity contribution is 5.51. The zero-order chi connectivity index (χ0) is 13.1. The molecule has 0 aliphatic heterocycles. The summed E-state index contributed by atoms with van der Waals surface area (Å²) in [5.74, 6) is 0. The van der Waals surface area contributed by atoms with Crippen LogP contribution in [-0.4, -0.2) is 14.1 Å². The number of benzene rings is 1. The van der Waals surface area contributed by atoms with Gasteiger partial charge in [-0.25, -0.2) is 4.98 Å². The van der Waals surface area contributed by atoms with Gasteiger partial charge in [0.25, 0.3) is 0 Å². The third-order valence-electron chi connectivity index (χ3n) is 3.04. The predicted molar refractivity (Wildman–Crippen MR) is 76.3 cm³/mol. The third-order valence-corrected chi connectivity index (χ3v) is 3.04. The van der Waals surface area contributed by atoms with Crippen molar-refractivity contribution in [1.29, 1.82) is 0 Å². The Balaban J connectivity index is 1.73. The van der Waals surface area contributed by atoms with Crippen molar-refractivity contribution in [2.24, 2.45) is 7.05 Å². The molecule has 0 saturated carbocycles. The lowest BCUT2D eigenvalue weighted by molar-refractivity contribution is 0.920. The van der Waals surface area contributed by atoms with Gasteiger partial charge < -0.3 is 14.5 Å². The summed E-state index contributed by atoms with van der Waals surface area (Å²) in [6.07, 6.45) is 9.70. The van der Waals surface area contributed by atoms with E-state index in [1.54, 1.807) is 12.5 Å². The number of imidazole rings is 1. The highest BCUT2D eigenvalue weighted by Gasteiger charge is 1.99. The number of hydrogen-bond acceptors (Lipinski definition) is 2.